The van der Waals surface area contributed by atoms with Gasteiger partial charge in [-0.2, -0.15) is 23.5 Å². The van der Waals surface area contributed by atoms with Crippen LogP contribution in [0.5, 0.6) is 0 Å². The molecule has 1 heterocycles. The molecule has 1 aliphatic carbocycles. The highest BCUT2D eigenvalue weighted by molar-refractivity contribution is 8.07. The van der Waals surface area contributed by atoms with Crippen molar-refractivity contribution in [2.45, 2.75) is 62.0 Å². The van der Waals surface area contributed by atoms with Crippen LogP contribution in [0.2, 0.25) is 0 Å². The van der Waals surface area contributed by atoms with Crippen molar-refractivity contribution in [1.82, 2.24) is 5.43 Å². The van der Waals surface area contributed by atoms with E-state index in [1.807, 2.05) is 0 Å². The number of hydrazine groups is 1. The zero-order valence-electron chi connectivity index (χ0n) is 10.9. The van der Waals surface area contributed by atoms with E-state index in [1.54, 1.807) is 0 Å². The van der Waals surface area contributed by atoms with Crippen LogP contribution >= 0.6 is 23.5 Å². The number of nitrogens with one attached hydrogen (secondary N) is 1. The summed E-state index contributed by atoms with van der Waals surface area (Å²) in [4.78, 5) is 0. The topological polar surface area (TPSA) is 38.0 Å². The summed E-state index contributed by atoms with van der Waals surface area (Å²) >= 11 is 4.32. The molecule has 2 aliphatic rings. The largest absolute Gasteiger partial charge is 0.271 e. The van der Waals surface area contributed by atoms with Gasteiger partial charge in [0, 0.05) is 28.0 Å². The van der Waals surface area contributed by atoms with E-state index in [0.717, 1.165) is 16.4 Å². The highest BCUT2D eigenvalue weighted by Gasteiger charge is 2.36. The summed E-state index contributed by atoms with van der Waals surface area (Å²) in [5.74, 6) is 9.32. The molecule has 2 nitrogen and oxygen atoms in total. The molecule has 100 valence electrons. The second-order valence-corrected chi connectivity index (χ2v) is 7.88. The molecule has 0 bridgehead atoms. The molecule has 3 unspecified atom stereocenters. The van der Waals surface area contributed by atoms with Crippen LogP contribution in [0, 0.1) is 5.92 Å². The first kappa shape index (κ1) is 14.0. The van der Waals surface area contributed by atoms with Crippen molar-refractivity contribution in [2.75, 3.05) is 11.5 Å². The lowest BCUT2D eigenvalue weighted by Crippen LogP contribution is -2.52. The number of hydrogen-bond donors (Lipinski definition) is 2. The summed E-state index contributed by atoms with van der Waals surface area (Å²) in [6.45, 7) is 2.32. The van der Waals surface area contributed by atoms with Crippen LogP contribution in [0.15, 0.2) is 0 Å². The maximum atomic E-state index is 5.88. The zero-order valence-corrected chi connectivity index (χ0v) is 12.5. The van der Waals surface area contributed by atoms with Gasteiger partial charge in [-0.1, -0.05) is 26.2 Å². The molecule has 1 saturated carbocycles. The molecule has 0 aromatic carbocycles. The van der Waals surface area contributed by atoms with Crippen molar-refractivity contribution >= 4 is 23.5 Å². The predicted molar refractivity (Wildman–Crippen MR) is 80.5 cm³/mol. The maximum Gasteiger partial charge on any atom is 0.0368 e. The number of hydrogen-bond acceptors (Lipinski definition) is 4. The number of rotatable bonds is 4. The second kappa shape index (κ2) is 7.27. The van der Waals surface area contributed by atoms with E-state index in [9.17, 15) is 0 Å². The molecule has 0 aromatic heterocycles. The van der Waals surface area contributed by atoms with Crippen molar-refractivity contribution in [1.29, 1.82) is 0 Å². The molecule has 4 heteroatoms. The van der Waals surface area contributed by atoms with Gasteiger partial charge in [-0.25, -0.2) is 0 Å². The Labute approximate surface area is 114 Å². The monoisotopic (exact) mass is 274 g/mol. The average Bonchev–Trinajstić information content (AvgIpc) is 2.41. The zero-order chi connectivity index (χ0) is 12.1. The fraction of sp³-hybridized carbons (Fsp3) is 1.00. The predicted octanol–water partition coefficient (Wildman–Crippen LogP) is 3.03. The Balaban J connectivity index is 1.99. The number of thioether (sulfide) groups is 2. The molecule has 0 spiro atoms. The van der Waals surface area contributed by atoms with Gasteiger partial charge in [0.05, 0.1) is 0 Å². The molecule has 2 fully saturated rings. The first-order valence-electron chi connectivity index (χ1n) is 7.06. The fourth-order valence-electron chi connectivity index (χ4n) is 3.26. The highest BCUT2D eigenvalue weighted by Crippen LogP contribution is 2.39. The van der Waals surface area contributed by atoms with Crippen LogP contribution in [-0.4, -0.2) is 28.0 Å². The van der Waals surface area contributed by atoms with Crippen LogP contribution < -0.4 is 11.3 Å². The fourth-order valence-corrected chi connectivity index (χ4v) is 6.59. The summed E-state index contributed by atoms with van der Waals surface area (Å²) in [6.07, 6.45) is 8.29. The first-order chi connectivity index (χ1) is 8.36. The van der Waals surface area contributed by atoms with E-state index >= 15 is 0 Å². The lowest BCUT2D eigenvalue weighted by molar-refractivity contribution is 0.262. The molecule has 0 radical (unpaired) electrons. The molecule has 2 rings (SSSR count). The Morgan fingerprint density at radius 3 is 2.53 bits per heavy atom. The van der Waals surface area contributed by atoms with E-state index in [4.69, 9.17) is 5.84 Å². The van der Waals surface area contributed by atoms with E-state index in [-0.39, 0.29) is 0 Å². The molecule has 3 N–H and O–H groups in total. The van der Waals surface area contributed by atoms with E-state index in [1.165, 1.54) is 50.0 Å². The molecule has 17 heavy (non-hydrogen) atoms. The Morgan fingerprint density at radius 2 is 1.88 bits per heavy atom. The molecular weight excluding hydrogens is 248 g/mol. The van der Waals surface area contributed by atoms with E-state index in [2.05, 4.69) is 35.9 Å². The summed E-state index contributed by atoms with van der Waals surface area (Å²) in [6, 6.07) is 0.540. The van der Waals surface area contributed by atoms with Gasteiger partial charge in [-0.15, -0.1) is 0 Å². The highest BCUT2D eigenvalue weighted by atomic mass is 32.2. The molecule has 1 aliphatic heterocycles. The SMILES string of the molecule is CCC1SCCSC1C(NN)C1CCCCC1. The smallest absolute Gasteiger partial charge is 0.0368 e. The van der Waals surface area contributed by atoms with Gasteiger partial charge in [0.2, 0.25) is 0 Å². The minimum atomic E-state index is 0.540. The van der Waals surface area contributed by atoms with Crippen LogP contribution in [0.1, 0.15) is 45.4 Å². The Morgan fingerprint density at radius 1 is 1.18 bits per heavy atom. The molecule has 3 atom stereocenters. The minimum Gasteiger partial charge on any atom is -0.271 e. The summed E-state index contributed by atoms with van der Waals surface area (Å²) in [5, 5.41) is 1.53. The second-order valence-electron chi connectivity index (χ2n) is 5.24. The average molecular weight is 274 g/mol. The lowest BCUT2D eigenvalue weighted by Gasteiger charge is -2.40. The standard InChI is InChI=1S/C13H26N2S2/c1-2-11-13(17-9-8-16-11)12(15-14)10-6-4-3-5-7-10/h10-13,15H,2-9,14H2,1H3. The summed E-state index contributed by atoms with van der Waals surface area (Å²) in [7, 11) is 0. The van der Waals surface area contributed by atoms with Gasteiger partial charge in [-0.05, 0) is 25.2 Å². The van der Waals surface area contributed by atoms with Crippen LogP contribution in [0.25, 0.3) is 0 Å². The summed E-state index contributed by atoms with van der Waals surface area (Å²) in [5.41, 5.74) is 3.17. The van der Waals surface area contributed by atoms with Crippen molar-refractivity contribution < 1.29 is 0 Å². The van der Waals surface area contributed by atoms with Crippen molar-refractivity contribution in [3.63, 3.8) is 0 Å². The van der Waals surface area contributed by atoms with E-state index < -0.39 is 0 Å². The molecule has 0 amide bonds. The van der Waals surface area contributed by atoms with Gasteiger partial charge < -0.3 is 0 Å². The van der Waals surface area contributed by atoms with Gasteiger partial charge in [0.25, 0.3) is 0 Å². The Bertz CT molecular complexity index is 219. The molecule has 0 aromatic rings. The Kier molecular flexibility index (Phi) is 6.00. The minimum absolute atomic E-state index is 0.540. The van der Waals surface area contributed by atoms with Gasteiger partial charge in [-0.3, -0.25) is 11.3 Å². The third kappa shape index (κ3) is 3.55. The van der Waals surface area contributed by atoms with Gasteiger partial charge >= 0.3 is 0 Å². The quantitative estimate of drug-likeness (QED) is 0.610. The summed E-state index contributed by atoms with van der Waals surface area (Å²) < 4.78 is 0. The van der Waals surface area contributed by atoms with Crippen LogP contribution in [0.3, 0.4) is 0 Å². The van der Waals surface area contributed by atoms with Gasteiger partial charge in [0.1, 0.15) is 0 Å². The maximum absolute atomic E-state index is 5.88. The van der Waals surface area contributed by atoms with Crippen molar-refractivity contribution in [2.24, 2.45) is 11.8 Å². The van der Waals surface area contributed by atoms with Crippen LogP contribution in [-0.2, 0) is 0 Å². The number of nitrogens with two attached hydrogens (primary N) is 1. The van der Waals surface area contributed by atoms with Crippen molar-refractivity contribution in [3.8, 4) is 0 Å². The molecule has 1 saturated heterocycles. The third-order valence-corrected chi connectivity index (χ3v) is 7.57. The third-order valence-electron chi connectivity index (χ3n) is 4.20. The van der Waals surface area contributed by atoms with E-state index in [0.29, 0.717) is 6.04 Å². The van der Waals surface area contributed by atoms with Crippen molar-refractivity contribution in [3.05, 3.63) is 0 Å². The normalized spacial score (nSPS) is 33.5. The Hall–Kier alpha value is 0.620. The lowest BCUT2D eigenvalue weighted by atomic mass is 9.82. The van der Waals surface area contributed by atoms with Gasteiger partial charge in [0.15, 0.2) is 0 Å². The first-order valence-corrected chi connectivity index (χ1v) is 9.16. The van der Waals surface area contributed by atoms with Crippen LogP contribution in [0.4, 0.5) is 0 Å². The molecular formula is C13H26N2S2.